The van der Waals surface area contributed by atoms with Crippen molar-refractivity contribution < 1.29 is 18.9 Å². The molecule has 1 aliphatic rings. The van der Waals surface area contributed by atoms with Crippen LogP contribution in [0.2, 0.25) is 0 Å². The van der Waals surface area contributed by atoms with Gasteiger partial charge >= 0.3 is 0 Å². The second-order valence-corrected chi connectivity index (χ2v) is 13.7. The number of hydrogen-bond acceptors (Lipinski definition) is 7. The summed E-state index contributed by atoms with van der Waals surface area (Å²) < 4.78 is 21.4. The van der Waals surface area contributed by atoms with Gasteiger partial charge in [0.15, 0.2) is 23.0 Å². The second-order valence-electron chi connectivity index (χ2n) is 12.4. The van der Waals surface area contributed by atoms with Crippen LogP contribution in [-0.4, -0.2) is 46.4 Å². The van der Waals surface area contributed by atoms with Crippen LogP contribution in [0, 0.1) is 18.3 Å². The van der Waals surface area contributed by atoms with Crippen LogP contribution in [0.3, 0.4) is 0 Å². The summed E-state index contributed by atoms with van der Waals surface area (Å²) in [5.41, 5.74) is 4.94. The van der Waals surface area contributed by atoms with Crippen LogP contribution in [-0.2, 0) is 17.7 Å². The van der Waals surface area contributed by atoms with Crippen molar-refractivity contribution in [2.45, 2.75) is 93.7 Å². The van der Waals surface area contributed by atoms with Gasteiger partial charge < -0.3 is 18.9 Å². The van der Waals surface area contributed by atoms with Crippen molar-refractivity contribution in [2.75, 3.05) is 41.5 Å². The van der Waals surface area contributed by atoms with Gasteiger partial charge in [0.2, 0.25) is 0 Å². The van der Waals surface area contributed by atoms with Gasteiger partial charge in [0, 0.05) is 18.0 Å². The lowest BCUT2D eigenvalue weighted by molar-refractivity contribution is 0.246. The Hall–Kier alpha value is -3.34. The van der Waals surface area contributed by atoms with E-state index < -0.39 is 4.75 Å². The lowest BCUT2D eigenvalue weighted by Gasteiger charge is -2.29. The Kier molecular flexibility index (Phi) is 14.0. The Balaban J connectivity index is 1.17. The molecular weight excluding hydrogens is 593 g/mol. The summed E-state index contributed by atoms with van der Waals surface area (Å²) in [5.74, 6) is 2.99. The van der Waals surface area contributed by atoms with Gasteiger partial charge in [-0.1, -0.05) is 86.9 Å². The van der Waals surface area contributed by atoms with Crippen molar-refractivity contribution in [2.24, 2.45) is 0 Å². The Bertz CT molecular complexity index is 1420. The molecule has 0 bridgehead atoms. The smallest absolute Gasteiger partial charge is 0.161 e. The third-order valence-corrected chi connectivity index (χ3v) is 10.5. The fourth-order valence-electron chi connectivity index (χ4n) is 6.37. The first kappa shape index (κ1) is 35.5. The van der Waals surface area contributed by atoms with Crippen LogP contribution in [0.15, 0.2) is 59.5 Å². The number of fused-ring (bicyclic) bond motifs is 1. The number of methoxy groups -OCH3 is 4. The highest BCUT2D eigenvalue weighted by Crippen LogP contribution is 2.47. The van der Waals surface area contributed by atoms with E-state index in [0.717, 1.165) is 67.3 Å². The van der Waals surface area contributed by atoms with E-state index in [1.165, 1.54) is 61.6 Å². The van der Waals surface area contributed by atoms with E-state index in [2.05, 4.69) is 54.3 Å². The second kappa shape index (κ2) is 18.1. The van der Waals surface area contributed by atoms with E-state index in [9.17, 15) is 5.26 Å². The molecular formula is C39H52N2O4S. The number of ether oxygens (including phenoxy) is 4. The molecule has 3 aromatic rings. The van der Waals surface area contributed by atoms with Gasteiger partial charge in [-0.15, -0.1) is 0 Å². The van der Waals surface area contributed by atoms with Crippen molar-refractivity contribution in [3.63, 3.8) is 0 Å². The van der Waals surface area contributed by atoms with Crippen LogP contribution >= 0.6 is 11.8 Å². The van der Waals surface area contributed by atoms with Gasteiger partial charge in [0.25, 0.3) is 0 Å². The van der Waals surface area contributed by atoms with E-state index in [1.807, 2.05) is 18.2 Å². The predicted molar refractivity (Wildman–Crippen MR) is 189 cm³/mol. The molecule has 0 spiro atoms. The first-order valence-corrected chi connectivity index (χ1v) is 17.6. The molecule has 0 aliphatic carbocycles. The van der Waals surface area contributed by atoms with Gasteiger partial charge in [0.05, 0.1) is 34.5 Å². The average molecular weight is 645 g/mol. The number of benzene rings is 3. The third kappa shape index (κ3) is 9.59. The topological polar surface area (TPSA) is 64.0 Å². The monoisotopic (exact) mass is 644 g/mol. The van der Waals surface area contributed by atoms with Gasteiger partial charge in [0.1, 0.15) is 4.75 Å². The largest absolute Gasteiger partial charge is 0.493 e. The summed E-state index contributed by atoms with van der Waals surface area (Å²) >= 11 is 1.65. The van der Waals surface area contributed by atoms with Crippen LogP contribution < -0.4 is 18.9 Å². The summed E-state index contributed by atoms with van der Waals surface area (Å²) in [5, 5.41) is 10.6. The maximum absolute atomic E-state index is 10.6. The summed E-state index contributed by atoms with van der Waals surface area (Å²) in [4.78, 5) is 3.68. The van der Waals surface area contributed by atoms with Crippen molar-refractivity contribution in [3.05, 3.63) is 76.9 Å². The van der Waals surface area contributed by atoms with E-state index in [4.69, 9.17) is 18.9 Å². The lowest BCUT2D eigenvalue weighted by Crippen LogP contribution is -2.31. The van der Waals surface area contributed by atoms with Crippen molar-refractivity contribution >= 4 is 11.8 Å². The molecule has 1 heterocycles. The number of thioether (sulfide) groups is 1. The molecule has 3 aromatic carbocycles. The van der Waals surface area contributed by atoms with E-state index >= 15 is 0 Å². The molecule has 46 heavy (non-hydrogen) atoms. The van der Waals surface area contributed by atoms with E-state index in [-0.39, 0.29) is 0 Å². The average Bonchev–Trinajstić information content (AvgIpc) is 3.09. The van der Waals surface area contributed by atoms with Crippen molar-refractivity contribution in [1.29, 1.82) is 5.26 Å². The Labute approximate surface area is 281 Å². The number of unbranched alkanes of at least 4 members (excludes halogenated alkanes) is 8. The third-order valence-electron chi connectivity index (χ3n) is 9.14. The quantitative estimate of drug-likeness (QED) is 0.0951. The van der Waals surface area contributed by atoms with Gasteiger partial charge in [-0.3, -0.25) is 4.90 Å². The fourth-order valence-corrected chi connectivity index (χ4v) is 7.58. The number of nitrogens with zero attached hydrogens (tertiary/aromatic N) is 2. The Morgan fingerprint density at radius 3 is 1.87 bits per heavy atom. The molecule has 1 unspecified atom stereocenters. The summed E-state index contributed by atoms with van der Waals surface area (Å²) in [6, 6.07) is 21.4. The molecule has 0 aromatic heterocycles. The zero-order valence-corrected chi connectivity index (χ0v) is 29.3. The Morgan fingerprint density at radius 2 is 1.26 bits per heavy atom. The lowest BCUT2D eigenvalue weighted by atomic mass is 9.92. The van der Waals surface area contributed by atoms with Crippen LogP contribution in [0.5, 0.6) is 23.0 Å². The van der Waals surface area contributed by atoms with Crippen molar-refractivity contribution in [3.8, 4) is 29.1 Å². The minimum absolute atomic E-state index is 0.659. The standard InChI is InChI=1S/C39H52N2O4S/c1-30-15-18-34(19-16-30)46-39(29-40,33-17-20-35(42-2)38(27-33)45-5)22-13-11-9-7-6-8-10-12-14-23-41-24-21-31-25-36(43-3)37(44-4)26-32(31)28-41/h15-20,25-27H,6-14,21-24,28H2,1-5H3. The first-order valence-electron chi connectivity index (χ1n) is 16.8. The highest BCUT2D eigenvalue weighted by atomic mass is 32.2. The molecule has 0 fully saturated rings. The SMILES string of the molecule is COc1ccc(C(C#N)(CCCCCCCCCCCN2CCc3cc(OC)c(OC)cc3C2)Sc2ccc(C)cc2)cc1OC. The summed E-state index contributed by atoms with van der Waals surface area (Å²) in [7, 11) is 6.70. The molecule has 0 N–H and O–H groups in total. The van der Waals surface area contributed by atoms with Gasteiger partial charge in [-0.05, 0) is 85.8 Å². The zero-order chi connectivity index (χ0) is 32.8. The normalized spacial score (nSPS) is 14.2. The zero-order valence-electron chi connectivity index (χ0n) is 28.5. The molecule has 0 radical (unpaired) electrons. The molecule has 0 saturated heterocycles. The number of hydrogen-bond donors (Lipinski definition) is 0. The maximum Gasteiger partial charge on any atom is 0.161 e. The molecule has 1 aliphatic heterocycles. The maximum atomic E-state index is 10.6. The molecule has 248 valence electrons. The fraction of sp³-hybridized carbons (Fsp3) is 0.513. The first-order chi connectivity index (χ1) is 22.4. The van der Waals surface area contributed by atoms with Crippen LogP contribution in [0.4, 0.5) is 0 Å². The van der Waals surface area contributed by atoms with Crippen molar-refractivity contribution in [1.82, 2.24) is 4.90 Å². The van der Waals surface area contributed by atoms with E-state index in [1.54, 1.807) is 40.2 Å². The number of aryl methyl sites for hydroxylation is 1. The number of nitriles is 1. The highest BCUT2D eigenvalue weighted by Gasteiger charge is 2.34. The summed E-state index contributed by atoms with van der Waals surface area (Å²) in [6.07, 6.45) is 12.9. The molecule has 0 saturated carbocycles. The van der Waals surface area contributed by atoms with E-state index in [0.29, 0.717) is 11.5 Å². The highest BCUT2D eigenvalue weighted by molar-refractivity contribution is 8.00. The molecule has 4 rings (SSSR count). The van der Waals surface area contributed by atoms with Gasteiger partial charge in [-0.25, -0.2) is 0 Å². The van der Waals surface area contributed by atoms with Crippen LogP contribution in [0.1, 0.15) is 86.5 Å². The molecule has 0 amide bonds. The summed E-state index contributed by atoms with van der Waals surface area (Å²) in [6.45, 7) is 5.37. The molecule has 7 heteroatoms. The Morgan fingerprint density at radius 1 is 0.696 bits per heavy atom. The molecule has 1 atom stereocenters. The minimum Gasteiger partial charge on any atom is -0.493 e. The van der Waals surface area contributed by atoms with Gasteiger partial charge in [-0.2, -0.15) is 5.26 Å². The molecule has 6 nitrogen and oxygen atoms in total. The number of rotatable bonds is 19. The van der Waals surface area contributed by atoms with Crippen LogP contribution in [0.25, 0.3) is 0 Å². The minimum atomic E-state index is -0.690. The predicted octanol–water partition coefficient (Wildman–Crippen LogP) is 9.50.